The van der Waals surface area contributed by atoms with Crippen molar-refractivity contribution in [2.75, 3.05) is 23.4 Å². The molecule has 3 rings (SSSR count). The van der Waals surface area contributed by atoms with E-state index in [-0.39, 0.29) is 36.7 Å². The van der Waals surface area contributed by atoms with Gasteiger partial charge in [0.05, 0.1) is 11.4 Å². The third-order valence-corrected chi connectivity index (χ3v) is 8.85. The van der Waals surface area contributed by atoms with E-state index in [4.69, 9.17) is 32.7 Å². The molecule has 1 aliphatic heterocycles. The second-order valence-corrected chi connectivity index (χ2v) is 11.9. The van der Waals surface area contributed by atoms with Gasteiger partial charge in [-0.05, 0) is 51.0 Å². The largest absolute Gasteiger partial charge is 0.454 e. The first kappa shape index (κ1) is 29.9. The first-order valence-electron chi connectivity index (χ1n) is 12.4. The molecule has 0 saturated carbocycles. The van der Waals surface area contributed by atoms with E-state index < -0.39 is 28.5 Å². The number of nitrogens with zero attached hydrogens (tertiary/aromatic N) is 2. The molecule has 1 N–H and O–H groups in total. The van der Waals surface area contributed by atoms with Crippen molar-refractivity contribution < 1.29 is 27.5 Å². The van der Waals surface area contributed by atoms with Crippen LogP contribution in [0.4, 0.5) is 5.69 Å². The molecule has 2 atom stereocenters. The van der Waals surface area contributed by atoms with Crippen LogP contribution in [0.25, 0.3) is 0 Å². The van der Waals surface area contributed by atoms with Crippen LogP contribution in [0.2, 0.25) is 10.0 Å². The van der Waals surface area contributed by atoms with E-state index in [1.54, 1.807) is 37.3 Å². The Labute approximate surface area is 234 Å². The summed E-state index contributed by atoms with van der Waals surface area (Å²) in [6, 6.07) is 8.65. The van der Waals surface area contributed by atoms with Gasteiger partial charge in [-0.1, -0.05) is 43.1 Å². The van der Waals surface area contributed by atoms with Crippen LogP contribution in [0.5, 0.6) is 11.5 Å². The Hall–Kier alpha value is -2.69. The van der Waals surface area contributed by atoms with Gasteiger partial charge in [-0.25, -0.2) is 8.42 Å². The van der Waals surface area contributed by atoms with Gasteiger partial charge in [0, 0.05) is 34.3 Å². The lowest BCUT2D eigenvalue weighted by Crippen LogP contribution is -2.53. The number of carbonyl (C=O) groups excluding carboxylic acids is 2. The Bertz CT molecular complexity index is 1250. The molecular formula is C26H33Cl2N3O6S. The van der Waals surface area contributed by atoms with Crippen LogP contribution < -0.4 is 19.1 Å². The molecule has 38 heavy (non-hydrogen) atoms. The summed E-state index contributed by atoms with van der Waals surface area (Å²) >= 11 is 12.8. The summed E-state index contributed by atoms with van der Waals surface area (Å²) in [5, 5.41) is 3.59. The number of benzene rings is 2. The lowest BCUT2D eigenvalue weighted by atomic mass is 10.1. The molecule has 2 aromatic carbocycles. The van der Waals surface area contributed by atoms with E-state index in [0.717, 1.165) is 4.31 Å². The molecule has 9 nitrogen and oxygen atoms in total. The van der Waals surface area contributed by atoms with Crippen molar-refractivity contribution in [1.29, 1.82) is 0 Å². The van der Waals surface area contributed by atoms with Crippen molar-refractivity contribution >= 4 is 50.7 Å². The number of carbonyl (C=O) groups is 2. The number of hydrogen-bond donors (Lipinski definition) is 1. The predicted molar refractivity (Wildman–Crippen MR) is 148 cm³/mol. The fraction of sp³-hybridized carbons (Fsp3) is 0.462. The van der Waals surface area contributed by atoms with Gasteiger partial charge >= 0.3 is 0 Å². The average molecular weight is 587 g/mol. The maximum absolute atomic E-state index is 13.9. The summed E-state index contributed by atoms with van der Waals surface area (Å²) in [5.41, 5.74) is 0.712. The van der Waals surface area contributed by atoms with Crippen LogP contribution in [-0.2, 0) is 26.2 Å². The Kier molecular flexibility index (Phi) is 10.1. The number of halogens is 2. The van der Waals surface area contributed by atoms with Crippen molar-refractivity contribution in [3.05, 3.63) is 52.0 Å². The first-order chi connectivity index (χ1) is 18.0. The van der Waals surface area contributed by atoms with E-state index >= 15 is 0 Å². The topological polar surface area (TPSA) is 105 Å². The highest BCUT2D eigenvalue weighted by Crippen LogP contribution is 2.36. The number of rotatable bonds is 12. The maximum Gasteiger partial charge on any atom is 0.244 e. The fourth-order valence-corrected chi connectivity index (χ4v) is 5.54. The third kappa shape index (κ3) is 6.84. The highest BCUT2D eigenvalue weighted by atomic mass is 35.5. The molecule has 0 saturated heterocycles. The minimum atomic E-state index is -3.89. The van der Waals surface area contributed by atoms with Gasteiger partial charge in [0.2, 0.25) is 28.6 Å². The van der Waals surface area contributed by atoms with Crippen molar-refractivity contribution in [3.8, 4) is 11.5 Å². The smallest absolute Gasteiger partial charge is 0.244 e. The summed E-state index contributed by atoms with van der Waals surface area (Å²) in [7, 11) is -3.89. The molecule has 1 heterocycles. The zero-order chi connectivity index (χ0) is 28.0. The van der Waals surface area contributed by atoms with Gasteiger partial charge in [-0.2, -0.15) is 0 Å². The van der Waals surface area contributed by atoms with Gasteiger partial charge in [0.25, 0.3) is 0 Å². The van der Waals surface area contributed by atoms with Gasteiger partial charge in [-0.15, -0.1) is 0 Å². The minimum absolute atomic E-state index is 0.0219. The zero-order valence-electron chi connectivity index (χ0n) is 21.9. The lowest BCUT2D eigenvalue weighted by molar-refractivity contribution is -0.140. The molecule has 12 heteroatoms. The van der Waals surface area contributed by atoms with Crippen LogP contribution in [0, 0.1) is 0 Å². The van der Waals surface area contributed by atoms with Crippen molar-refractivity contribution in [2.24, 2.45) is 0 Å². The predicted octanol–water partition coefficient (Wildman–Crippen LogP) is 4.60. The number of hydrogen-bond acceptors (Lipinski definition) is 6. The summed E-state index contributed by atoms with van der Waals surface area (Å²) < 4.78 is 38.1. The van der Waals surface area contributed by atoms with Gasteiger partial charge in [0.15, 0.2) is 11.5 Å². The molecule has 2 unspecified atom stereocenters. The molecule has 0 radical (unpaired) electrons. The molecule has 0 fully saturated rings. The molecule has 1 aliphatic rings. The Morgan fingerprint density at radius 3 is 2.29 bits per heavy atom. The number of amides is 2. The van der Waals surface area contributed by atoms with Crippen LogP contribution in [0.15, 0.2) is 36.4 Å². The van der Waals surface area contributed by atoms with E-state index in [1.807, 2.05) is 13.8 Å². The quantitative estimate of drug-likeness (QED) is 0.390. The van der Waals surface area contributed by atoms with E-state index in [9.17, 15) is 18.0 Å². The highest BCUT2D eigenvalue weighted by molar-refractivity contribution is 7.92. The zero-order valence-corrected chi connectivity index (χ0v) is 24.2. The van der Waals surface area contributed by atoms with Crippen LogP contribution in [0.1, 0.15) is 46.1 Å². The Balaban J connectivity index is 2.02. The van der Waals surface area contributed by atoms with Gasteiger partial charge < -0.3 is 19.7 Å². The Morgan fingerprint density at radius 1 is 1.03 bits per heavy atom. The van der Waals surface area contributed by atoms with Crippen molar-refractivity contribution in [1.82, 2.24) is 10.2 Å². The number of sulfonamides is 1. The summed E-state index contributed by atoms with van der Waals surface area (Å²) in [5.74, 6) is -0.299. The molecule has 2 amide bonds. The van der Waals surface area contributed by atoms with Crippen molar-refractivity contribution in [3.63, 3.8) is 0 Å². The van der Waals surface area contributed by atoms with Crippen LogP contribution in [-0.4, -0.2) is 56.3 Å². The first-order valence-corrected chi connectivity index (χ1v) is 14.8. The lowest BCUT2D eigenvalue weighted by Gasteiger charge is -2.34. The Morgan fingerprint density at radius 2 is 1.68 bits per heavy atom. The second kappa shape index (κ2) is 12.9. The molecular weight excluding hydrogens is 553 g/mol. The summed E-state index contributed by atoms with van der Waals surface area (Å²) in [6.07, 6.45) is 1.000. The van der Waals surface area contributed by atoms with Crippen molar-refractivity contribution in [2.45, 2.75) is 59.2 Å². The molecule has 0 aliphatic carbocycles. The molecule has 0 aromatic heterocycles. The maximum atomic E-state index is 13.9. The number of ether oxygens (including phenoxy) is 2. The number of fused-ring (bicyclic) bond motifs is 1. The summed E-state index contributed by atoms with van der Waals surface area (Å²) in [6.45, 7) is 6.50. The monoisotopic (exact) mass is 585 g/mol. The molecule has 2 aromatic rings. The molecule has 0 bridgehead atoms. The standard InChI is InChI=1S/C26H33Cl2N3O6S/c1-5-17(4)29-26(33)22(6-2)30(14-19-20(27)9-8-10-21(19)28)25(32)15-31(38(34,35)7-3)18-11-12-23-24(13-18)37-16-36-23/h8-13,17,22H,5-7,14-16H2,1-4H3,(H,29,33). The van der Waals surface area contributed by atoms with E-state index in [0.29, 0.717) is 39.9 Å². The van der Waals surface area contributed by atoms with Crippen LogP contribution in [0.3, 0.4) is 0 Å². The fourth-order valence-electron chi connectivity index (χ4n) is 3.97. The SMILES string of the molecule is CCC(C)NC(=O)C(CC)N(Cc1c(Cl)cccc1Cl)C(=O)CN(c1ccc2c(c1)OCO2)S(=O)(=O)CC. The van der Waals surface area contributed by atoms with Gasteiger partial charge in [0.1, 0.15) is 12.6 Å². The summed E-state index contributed by atoms with van der Waals surface area (Å²) in [4.78, 5) is 28.5. The number of anilines is 1. The second-order valence-electron chi connectivity index (χ2n) is 8.91. The highest BCUT2D eigenvalue weighted by Gasteiger charge is 2.34. The average Bonchev–Trinajstić information content (AvgIpc) is 3.36. The van der Waals surface area contributed by atoms with Gasteiger partial charge in [-0.3, -0.25) is 13.9 Å². The molecule has 0 spiro atoms. The minimum Gasteiger partial charge on any atom is -0.454 e. The van der Waals surface area contributed by atoms with Crippen LogP contribution >= 0.6 is 23.2 Å². The normalized spacial score (nSPS) is 14.1. The molecule has 208 valence electrons. The third-order valence-electron chi connectivity index (χ3n) is 6.40. The number of nitrogens with one attached hydrogen (secondary N) is 1. The van der Waals surface area contributed by atoms with E-state index in [2.05, 4.69) is 5.32 Å². The van der Waals surface area contributed by atoms with E-state index in [1.165, 1.54) is 17.9 Å².